The largest absolute Gasteiger partial charge is 0.494 e. The lowest BCUT2D eigenvalue weighted by Gasteiger charge is -2.16. The van der Waals surface area contributed by atoms with Crippen LogP contribution in [0, 0.1) is 5.82 Å². The van der Waals surface area contributed by atoms with Crippen LogP contribution >= 0.6 is 11.3 Å². The molecule has 1 saturated carbocycles. The van der Waals surface area contributed by atoms with Crippen LogP contribution in [0.2, 0.25) is 0 Å². The second kappa shape index (κ2) is 7.57. The summed E-state index contributed by atoms with van der Waals surface area (Å²) in [6.45, 7) is 0.274. The average molecular weight is 453 g/mol. The van der Waals surface area contributed by atoms with Crippen molar-refractivity contribution in [2.75, 3.05) is 13.0 Å². The number of ether oxygens (including phenoxy) is 1. The van der Waals surface area contributed by atoms with Crippen molar-refractivity contribution in [3.05, 3.63) is 74.6 Å². The van der Waals surface area contributed by atoms with Gasteiger partial charge in [0.05, 0.1) is 30.1 Å². The van der Waals surface area contributed by atoms with E-state index in [-0.39, 0.29) is 29.3 Å². The molecule has 0 unspecified atom stereocenters. The van der Waals surface area contributed by atoms with Gasteiger partial charge in [-0.2, -0.15) is 4.68 Å². The standard InChI is InChI=1S/C22H20FN5O3S/c1-31-20-18(16-7-6-15(32-16)12-3-2-8-26-14(12)9-24)13(23)10-27-19(20)17(11-4-5-11)21(29)28(25)22(27)30/h2-3,6-8,10-11H,4-5,9,24-25H2,1H3. The summed E-state index contributed by atoms with van der Waals surface area (Å²) in [7, 11) is 1.40. The van der Waals surface area contributed by atoms with E-state index in [1.165, 1.54) is 18.4 Å². The van der Waals surface area contributed by atoms with Gasteiger partial charge in [0, 0.05) is 28.1 Å². The van der Waals surface area contributed by atoms with E-state index >= 15 is 4.39 Å². The summed E-state index contributed by atoms with van der Waals surface area (Å²) < 4.78 is 22.6. The van der Waals surface area contributed by atoms with Crippen molar-refractivity contribution in [2.45, 2.75) is 25.3 Å². The Balaban J connectivity index is 1.80. The van der Waals surface area contributed by atoms with Crippen molar-refractivity contribution in [3.8, 4) is 26.6 Å². The zero-order valence-corrected chi connectivity index (χ0v) is 18.0. The van der Waals surface area contributed by atoms with Crippen LogP contribution in [0.15, 0.2) is 46.2 Å². The summed E-state index contributed by atoms with van der Waals surface area (Å²) in [5, 5.41) is 0. The van der Waals surface area contributed by atoms with Gasteiger partial charge in [0.2, 0.25) is 0 Å². The van der Waals surface area contributed by atoms with Crippen LogP contribution in [0.3, 0.4) is 0 Å². The molecule has 32 heavy (non-hydrogen) atoms. The topological polar surface area (TPSA) is 118 Å². The molecule has 10 heteroatoms. The second-order valence-electron chi connectivity index (χ2n) is 7.62. The molecule has 0 bridgehead atoms. The van der Waals surface area contributed by atoms with E-state index in [1.54, 1.807) is 12.3 Å². The number of rotatable bonds is 5. The molecule has 0 radical (unpaired) electrons. The van der Waals surface area contributed by atoms with E-state index in [0.29, 0.717) is 15.1 Å². The third-order valence-corrected chi connectivity index (χ3v) is 6.81. The molecule has 4 aromatic rings. The first kappa shape index (κ1) is 20.4. The Morgan fingerprint density at radius 2 is 2.00 bits per heavy atom. The third-order valence-electron chi connectivity index (χ3n) is 5.67. The number of pyridine rings is 2. The molecule has 8 nitrogen and oxygen atoms in total. The zero-order chi connectivity index (χ0) is 22.6. The quantitative estimate of drug-likeness (QED) is 0.448. The molecule has 0 aromatic carbocycles. The monoisotopic (exact) mass is 453 g/mol. The maximum absolute atomic E-state index is 15.4. The number of methoxy groups -OCH3 is 1. The molecular weight excluding hydrogens is 433 g/mol. The number of hydrogen-bond acceptors (Lipinski definition) is 7. The van der Waals surface area contributed by atoms with Gasteiger partial charge in [0.1, 0.15) is 5.52 Å². The number of nitrogens with two attached hydrogens (primary N) is 2. The van der Waals surface area contributed by atoms with Crippen LogP contribution in [0.1, 0.15) is 30.0 Å². The Bertz CT molecular complexity index is 1490. The second-order valence-corrected chi connectivity index (χ2v) is 8.70. The first-order valence-electron chi connectivity index (χ1n) is 10.0. The van der Waals surface area contributed by atoms with Crippen LogP contribution in [0.25, 0.3) is 26.4 Å². The predicted octanol–water partition coefficient (Wildman–Crippen LogP) is 2.45. The SMILES string of the molecule is COc1c(-c2ccc(-c3cccnc3CN)s2)c(F)cn2c(=O)n(N)c(=O)c(C3CC3)c12. The van der Waals surface area contributed by atoms with Crippen LogP contribution in [-0.2, 0) is 6.54 Å². The molecule has 164 valence electrons. The normalized spacial score (nSPS) is 13.6. The van der Waals surface area contributed by atoms with Gasteiger partial charge in [-0.3, -0.25) is 14.2 Å². The van der Waals surface area contributed by atoms with E-state index in [2.05, 4.69) is 4.98 Å². The van der Waals surface area contributed by atoms with Crippen LogP contribution in [0.5, 0.6) is 5.75 Å². The van der Waals surface area contributed by atoms with Gasteiger partial charge in [-0.15, -0.1) is 11.3 Å². The van der Waals surface area contributed by atoms with Gasteiger partial charge in [-0.1, -0.05) is 6.07 Å². The van der Waals surface area contributed by atoms with E-state index in [0.717, 1.165) is 39.6 Å². The first-order valence-corrected chi connectivity index (χ1v) is 10.8. The summed E-state index contributed by atoms with van der Waals surface area (Å²) in [6.07, 6.45) is 4.34. The molecule has 4 heterocycles. The highest BCUT2D eigenvalue weighted by atomic mass is 32.1. The molecule has 0 saturated heterocycles. The van der Waals surface area contributed by atoms with Crippen molar-refractivity contribution in [1.82, 2.24) is 14.1 Å². The zero-order valence-electron chi connectivity index (χ0n) is 17.2. The maximum atomic E-state index is 15.4. The fraction of sp³-hybridized carbons (Fsp3) is 0.227. The highest BCUT2D eigenvalue weighted by Gasteiger charge is 2.33. The number of fused-ring (bicyclic) bond motifs is 1. The third kappa shape index (κ3) is 3.02. The predicted molar refractivity (Wildman–Crippen MR) is 121 cm³/mol. The van der Waals surface area contributed by atoms with E-state index < -0.39 is 17.1 Å². The lowest BCUT2D eigenvalue weighted by Crippen LogP contribution is -2.44. The summed E-state index contributed by atoms with van der Waals surface area (Å²) in [5.74, 6) is 5.14. The summed E-state index contributed by atoms with van der Waals surface area (Å²) in [6, 6.07) is 7.37. The fourth-order valence-corrected chi connectivity index (χ4v) is 5.12. The van der Waals surface area contributed by atoms with E-state index in [4.69, 9.17) is 16.3 Å². The van der Waals surface area contributed by atoms with Gasteiger partial charge in [-0.05, 0) is 37.0 Å². The molecule has 4 N–H and O–H groups in total. The van der Waals surface area contributed by atoms with E-state index in [1.807, 2.05) is 18.2 Å². The molecule has 1 aliphatic rings. The van der Waals surface area contributed by atoms with Crippen molar-refractivity contribution in [1.29, 1.82) is 0 Å². The highest BCUT2D eigenvalue weighted by Crippen LogP contribution is 2.46. The van der Waals surface area contributed by atoms with Crippen molar-refractivity contribution >= 4 is 16.9 Å². The van der Waals surface area contributed by atoms with Gasteiger partial charge < -0.3 is 16.3 Å². The molecule has 5 rings (SSSR count). The number of aromatic nitrogens is 3. The maximum Gasteiger partial charge on any atom is 0.354 e. The highest BCUT2D eigenvalue weighted by molar-refractivity contribution is 7.18. The summed E-state index contributed by atoms with van der Waals surface area (Å²) >= 11 is 1.35. The summed E-state index contributed by atoms with van der Waals surface area (Å²) in [4.78, 5) is 31.2. The number of thiophene rings is 1. The minimum Gasteiger partial charge on any atom is -0.494 e. The number of halogens is 1. The smallest absolute Gasteiger partial charge is 0.354 e. The number of nitrogens with zero attached hydrogens (tertiary/aromatic N) is 3. The number of hydrogen-bond donors (Lipinski definition) is 2. The molecule has 0 atom stereocenters. The van der Waals surface area contributed by atoms with Crippen LogP contribution in [0.4, 0.5) is 4.39 Å². The van der Waals surface area contributed by atoms with Crippen LogP contribution < -0.4 is 27.6 Å². The lowest BCUT2D eigenvalue weighted by molar-refractivity contribution is 0.415. The van der Waals surface area contributed by atoms with Gasteiger partial charge in [0.15, 0.2) is 11.6 Å². The van der Waals surface area contributed by atoms with Crippen molar-refractivity contribution < 1.29 is 9.13 Å². The van der Waals surface area contributed by atoms with Gasteiger partial charge in [-0.25, -0.2) is 9.18 Å². The summed E-state index contributed by atoms with van der Waals surface area (Å²) in [5.41, 5.74) is 6.85. The average Bonchev–Trinajstić information content (AvgIpc) is 3.53. The molecule has 0 aliphatic heterocycles. The first-order chi connectivity index (χ1) is 15.5. The molecule has 0 spiro atoms. The molecule has 4 aromatic heterocycles. The lowest BCUT2D eigenvalue weighted by atomic mass is 10.1. The molecule has 1 aliphatic carbocycles. The molecule has 0 amide bonds. The van der Waals surface area contributed by atoms with Gasteiger partial charge in [0.25, 0.3) is 5.56 Å². The number of nitrogen functional groups attached to an aromatic ring is 1. The van der Waals surface area contributed by atoms with E-state index in [9.17, 15) is 9.59 Å². The molecular formula is C22H20FN5O3S. The Morgan fingerprint density at radius 1 is 1.25 bits per heavy atom. The molecule has 1 fully saturated rings. The minimum absolute atomic E-state index is 0.0403. The van der Waals surface area contributed by atoms with Crippen molar-refractivity contribution in [3.63, 3.8) is 0 Å². The van der Waals surface area contributed by atoms with Crippen LogP contribution in [-0.4, -0.2) is 21.2 Å². The Hall–Kier alpha value is -3.50. The minimum atomic E-state index is -0.826. The Labute approximate surface area is 185 Å². The Kier molecular flexibility index (Phi) is 4.83. The van der Waals surface area contributed by atoms with Gasteiger partial charge >= 0.3 is 5.69 Å². The van der Waals surface area contributed by atoms with Crippen molar-refractivity contribution in [2.24, 2.45) is 5.73 Å². The Morgan fingerprint density at radius 3 is 2.69 bits per heavy atom. The fourth-order valence-electron chi connectivity index (χ4n) is 4.03.